The predicted octanol–water partition coefficient (Wildman–Crippen LogP) is 9.78. The van der Waals surface area contributed by atoms with Gasteiger partial charge in [0.15, 0.2) is 11.8 Å². The molecule has 0 spiro atoms. The van der Waals surface area contributed by atoms with Crippen molar-refractivity contribution in [2.24, 2.45) is 17.8 Å². The number of ether oxygens (including phenoxy) is 6. The van der Waals surface area contributed by atoms with Gasteiger partial charge in [-0.1, -0.05) is 188 Å². The Morgan fingerprint density at radius 1 is 0.484 bits per heavy atom. The zero-order valence-electron chi connectivity index (χ0n) is 35.8. The second-order valence-corrected chi connectivity index (χ2v) is 12.3. The standard InChI is InChI=1S/2C18H20O4.C15H16O3/c1-21-17(19)16(18(20)22-2)14-10-5-3-4-7-11-15-12-8-6-9-13-15;1-4-15(16(17(19)21-2)18(20)22-3)13-9-8-12-14-10-6-5-7-11-14;1-17-15(16)18-13-9-4-2-3-6-10-14-11-7-5-8-12-14/h3-13,16H,14H2,1-2H3;4-13,15-16H,1H2,2-3H3;2-12H,13H2,1H3/b4-3+,10-5+,11-7+;12-8+,13-9+;3-2+,9-4+,10-6+. The van der Waals surface area contributed by atoms with Gasteiger partial charge in [0.05, 0.1) is 35.5 Å². The Kier molecular flexibility index (Phi) is 29.1. The molecule has 11 nitrogen and oxygen atoms in total. The van der Waals surface area contributed by atoms with Gasteiger partial charge < -0.3 is 28.4 Å². The van der Waals surface area contributed by atoms with Crippen molar-refractivity contribution in [1.82, 2.24) is 0 Å². The molecule has 0 aromatic heterocycles. The van der Waals surface area contributed by atoms with E-state index in [1.807, 2.05) is 152 Å². The number of allylic oxidation sites excluding steroid dienone is 13. The number of esters is 4. The normalized spacial score (nSPS) is 11.9. The Morgan fingerprint density at radius 3 is 1.26 bits per heavy atom. The van der Waals surface area contributed by atoms with Gasteiger partial charge >= 0.3 is 30.0 Å². The van der Waals surface area contributed by atoms with Crippen LogP contribution in [0.3, 0.4) is 0 Å². The maximum atomic E-state index is 11.7. The van der Waals surface area contributed by atoms with Crippen LogP contribution >= 0.6 is 0 Å². The summed E-state index contributed by atoms with van der Waals surface area (Å²) in [5.74, 6) is -4.94. The highest BCUT2D eigenvalue weighted by atomic mass is 16.7. The fourth-order valence-electron chi connectivity index (χ4n) is 4.81. The summed E-state index contributed by atoms with van der Waals surface area (Å²) in [4.78, 5) is 57.0. The first kappa shape index (κ1) is 52.5. The summed E-state index contributed by atoms with van der Waals surface area (Å²) >= 11 is 0. The molecule has 0 heterocycles. The van der Waals surface area contributed by atoms with Crippen LogP contribution in [0.4, 0.5) is 4.79 Å². The van der Waals surface area contributed by atoms with Crippen molar-refractivity contribution < 1.29 is 52.4 Å². The number of methoxy groups -OCH3 is 5. The fraction of sp³-hybridized carbons (Fsp3) is 0.196. The molecule has 3 aromatic carbocycles. The van der Waals surface area contributed by atoms with Crippen molar-refractivity contribution in [1.29, 1.82) is 0 Å². The van der Waals surface area contributed by atoms with Crippen molar-refractivity contribution in [2.45, 2.75) is 6.42 Å². The second kappa shape index (κ2) is 34.3. The van der Waals surface area contributed by atoms with Crippen LogP contribution in [0.25, 0.3) is 18.2 Å². The number of carbonyl (C=O) groups excluding carboxylic acids is 5. The van der Waals surface area contributed by atoms with Crippen LogP contribution in [-0.2, 0) is 47.6 Å². The zero-order chi connectivity index (χ0) is 45.6. The summed E-state index contributed by atoms with van der Waals surface area (Å²) in [6, 6.07) is 29.8. The SMILES string of the molecule is C=CC(/C=C/C=C/c1ccccc1)C(C(=O)OC)C(=O)OC.COC(=O)C(C/C=C/C=C/C=C/c1ccccc1)C(=O)OC.COC(=O)OC/C=C/C=C/C=C/c1ccccc1. The van der Waals surface area contributed by atoms with Gasteiger partial charge in [-0.15, -0.1) is 6.58 Å². The molecule has 3 rings (SSSR count). The third-order valence-electron chi connectivity index (χ3n) is 8.02. The van der Waals surface area contributed by atoms with Gasteiger partial charge in [-0.05, 0) is 29.2 Å². The Labute approximate surface area is 365 Å². The first-order valence-corrected chi connectivity index (χ1v) is 19.3. The van der Waals surface area contributed by atoms with Gasteiger partial charge in [-0.25, -0.2) is 4.79 Å². The number of hydrogen-bond acceptors (Lipinski definition) is 11. The molecule has 0 N–H and O–H groups in total. The lowest BCUT2D eigenvalue weighted by molar-refractivity contribution is -0.161. The number of carbonyl (C=O) groups is 5. The van der Waals surface area contributed by atoms with Gasteiger partial charge in [-0.2, -0.15) is 0 Å². The maximum Gasteiger partial charge on any atom is 0.508 e. The molecule has 62 heavy (non-hydrogen) atoms. The number of rotatable bonds is 19. The highest BCUT2D eigenvalue weighted by molar-refractivity contribution is 5.96. The van der Waals surface area contributed by atoms with Crippen molar-refractivity contribution in [3.8, 4) is 0 Å². The van der Waals surface area contributed by atoms with E-state index in [4.69, 9.17) is 0 Å². The Balaban J connectivity index is 0.000000468. The Hall–Kier alpha value is -7.53. The zero-order valence-corrected chi connectivity index (χ0v) is 35.8. The first-order chi connectivity index (χ1) is 30.1. The molecule has 0 radical (unpaired) electrons. The van der Waals surface area contributed by atoms with Crippen LogP contribution in [0, 0.1) is 17.8 Å². The fourth-order valence-corrected chi connectivity index (χ4v) is 4.81. The molecule has 3 aromatic rings. The van der Waals surface area contributed by atoms with E-state index in [9.17, 15) is 24.0 Å². The largest absolute Gasteiger partial charge is 0.508 e. The van der Waals surface area contributed by atoms with E-state index < -0.39 is 47.8 Å². The molecule has 0 fully saturated rings. The minimum absolute atomic E-state index is 0.208. The summed E-state index contributed by atoms with van der Waals surface area (Å²) in [6.45, 7) is 3.87. The first-order valence-electron chi connectivity index (χ1n) is 19.3. The minimum atomic E-state index is -1.05. The summed E-state index contributed by atoms with van der Waals surface area (Å²) < 4.78 is 27.4. The summed E-state index contributed by atoms with van der Waals surface area (Å²) in [5.41, 5.74) is 3.33. The van der Waals surface area contributed by atoms with E-state index in [1.165, 1.54) is 41.6 Å². The van der Waals surface area contributed by atoms with E-state index in [0.29, 0.717) is 0 Å². The monoisotopic (exact) mass is 844 g/mol. The molecular formula is C51H56O11. The summed E-state index contributed by atoms with van der Waals surface area (Å²) in [7, 11) is 6.24. The van der Waals surface area contributed by atoms with Crippen LogP contribution < -0.4 is 0 Å². The minimum Gasteiger partial charge on any atom is -0.468 e. The van der Waals surface area contributed by atoms with E-state index >= 15 is 0 Å². The van der Waals surface area contributed by atoms with Gasteiger partial charge in [0, 0.05) is 5.92 Å². The van der Waals surface area contributed by atoms with Crippen LogP contribution in [0.15, 0.2) is 183 Å². The van der Waals surface area contributed by atoms with Gasteiger partial charge in [0.2, 0.25) is 0 Å². The number of hydrogen-bond donors (Lipinski definition) is 0. The van der Waals surface area contributed by atoms with Crippen molar-refractivity contribution in [3.63, 3.8) is 0 Å². The average Bonchev–Trinajstić information content (AvgIpc) is 3.32. The molecule has 0 saturated heterocycles. The van der Waals surface area contributed by atoms with E-state index in [1.54, 1.807) is 36.5 Å². The van der Waals surface area contributed by atoms with Gasteiger partial charge in [0.25, 0.3) is 0 Å². The summed E-state index contributed by atoms with van der Waals surface area (Å²) in [5, 5.41) is 0. The lowest BCUT2D eigenvalue weighted by Gasteiger charge is -2.17. The Bertz CT molecular complexity index is 1970. The lowest BCUT2D eigenvalue weighted by atomic mass is 9.92. The van der Waals surface area contributed by atoms with Crippen molar-refractivity contribution >= 4 is 48.3 Å². The molecule has 0 bridgehead atoms. The molecule has 0 aliphatic carbocycles. The molecule has 11 heteroatoms. The smallest absolute Gasteiger partial charge is 0.468 e. The van der Waals surface area contributed by atoms with E-state index in [0.717, 1.165) is 16.7 Å². The van der Waals surface area contributed by atoms with E-state index in [-0.39, 0.29) is 13.0 Å². The van der Waals surface area contributed by atoms with Gasteiger partial charge in [0.1, 0.15) is 6.61 Å². The Morgan fingerprint density at radius 2 is 0.871 bits per heavy atom. The topological polar surface area (TPSA) is 141 Å². The van der Waals surface area contributed by atoms with Crippen molar-refractivity contribution in [2.75, 3.05) is 42.2 Å². The van der Waals surface area contributed by atoms with Crippen molar-refractivity contribution in [3.05, 3.63) is 199 Å². The second-order valence-electron chi connectivity index (χ2n) is 12.3. The highest BCUT2D eigenvalue weighted by Crippen LogP contribution is 2.19. The average molecular weight is 845 g/mol. The van der Waals surface area contributed by atoms with Crippen LogP contribution in [0.2, 0.25) is 0 Å². The third kappa shape index (κ3) is 23.8. The predicted molar refractivity (Wildman–Crippen MR) is 244 cm³/mol. The molecule has 1 unspecified atom stereocenters. The molecular weight excluding hydrogens is 789 g/mol. The number of benzene rings is 3. The van der Waals surface area contributed by atoms with E-state index in [2.05, 4.69) is 35.0 Å². The summed E-state index contributed by atoms with van der Waals surface area (Å²) in [6.07, 6.45) is 30.7. The quantitative estimate of drug-likeness (QED) is 0.0374. The third-order valence-corrected chi connectivity index (χ3v) is 8.02. The van der Waals surface area contributed by atoms with Crippen LogP contribution in [0.5, 0.6) is 0 Å². The van der Waals surface area contributed by atoms with Gasteiger partial charge in [-0.3, -0.25) is 19.2 Å². The lowest BCUT2D eigenvalue weighted by Crippen LogP contribution is -2.31. The molecule has 0 amide bonds. The molecule has 0 aliphatic rings. The van der Waals surface area contributed by atoms with Crippen LogP contribution in [0.1, 0.15) is 23.1 Å². The maximum absolute atomic E-state index is 11.7. The molecule has 0 aliphatic heterocycles. The molecule has 1 atom stereocenters. The highest BCUT2D eigenvalue weighted by Gasteiger charge is 2.33. The molecule has 326 valence electrons. The molecule has 0 saturated carbocycles. The van der Waals surface area contributed by atoms with Crippen LogP contribution in [-0.4, -0.2) is 72.2 Å².